The molecule has 0 amide bonds. The van der Waals surface area contributed by atoms with Gasteiger partial charge in [-0.25, -0.2) is 0 Å². The largest absolute Gasteiger partial charge is 0.497 e. The lowest BCUT2D eigenvalue weighted by atomic mass is 10.0. The summed E-state index contributed by atoms with van der Waals surface area (Å²) in [5.74, 6) is 1.34. The van der Waals surface area contributed by atoms with Gasteiger partial charge in [-0.15, -0.1) is 0 Å². The Morgan fingerprint density at radius 2 is 2.28 bits per heavy atom. The minimum atomic E-state index is -0.193. The molecule has 1 aromatic heterocycles. The standard InChI is InChI=1S/C19H24N2O4/c1-3-24-19(22)17-9-4-5-10-21(17)13-15-12-20-25-18(15)14-7-6-8-16(11-14)23-2/h6-8,11-12,17H,3-5,9-10,13H2,1-2H3. The summed E-state index contributed by atoms with van der Waals surface area (Å²) in [6.07, 6.45) is 4.69. The molecule has 0 aliphatic carbocycles. The Bertz CT molecular complexity index is 713. The summed E-state index contributed by atoms with van der Waals surface area (Å²) in [4.78, 5) is 14.4. The Hall–Kier alpha value is -2.34. The van der Waals surface area contributed by atoms with Crippen LogP contribution in [0.2, 0.25) is 0 Å². The number of piperidine rings is 1. The molecule has 3 rings (SSSR count). The number of hydrogen-bond acceptors (Lipinski definition) is 6. The van der Waals surface area contributed by atoms with Gasteiger partial charge in [-0.05, 0) is 38.4 Å². The van der Waals surface area contributed by atoms with E-state index in [0.29, 0.717) is 18.9 Å². The summed E-state index contributed by atoms with van der Waals surface area (Å²) < 4.78 is 16.0. The van der Waals surface area contributed by atoms with Crippen LogP contribution in [0.3, 0.4) is 0 Å². The van der Waals surface area contributed by atoms with Gasteiger partial charge in [-0.1, -0.05) is 23.7 Å². The first-order valence-electron chi connectivity index (χ1n) is 8.71. The molecule has 1 unspecified atom stereocenters. The molecule has 0 spiro atoms. The van der Waals surface area contributed by atoms with Crippen molar-refractivity contribution in [3.05, 3.63) is 36.0 Å². The van der Waals surface area contributed by atoms with Crippen LogP contribution in [-0.4, -0.2) is 42.3 Å². The number of hydrogen-bond donors (Lipinski definition) is 0. The van der Waals surface area contributed by atoms with E-state index in [1.807, 2.05) is 31.2 Å². The zero-order chi connectivity index (χ0) is 17.6. The Morgan fingerprint density at radius 3 is 3.08 bits per heavy atom. The van der Waals surface area contributed by atoms with Crippen LogP contribution in [0.25, 0.3) is 11.3 Å². The van der Waals surface area contributed by atoms with Gasteiger partial charge in [-0.3, -0.25) is 9.69 Å². The fourth-order valence-corrected chi connectivity index (χ4v) is 3.28. The van der Waals surface area contributed by atoms with Crippen LogP contribution in [0.1, 0.15) is 31.7 Å². The van der Waals surface area contributed by atoms with Gasteiger partial charge in [0.05, 0.1) is 19.9 Å². The topological polar surface area (TPSA) is 64.8 Å². The Morgan fingerprint density at radius 1 is 1.40 bits per heavy atom. The minimum absolute atomic E-state index is 0.137. The van der Waals surface area contributed by atoms with E-state index in [0.717, 1.165) is 42.7 Å². The number of benzene rings is 1. The number of aromatic nitrogens is 1. The van der Waals surface area contributed by atoms with Crippen molar-refractivity contribution in [2.24, 2.45) is 0 Å². The number of rotatable bonds is 6. The van der Waals surface area contributed by atoms with Crippen LogP contribution in [-0.2, 0) is 16.1 Å². The fourth-order valence-electron chi connectivity index (χ4n) is 3.28. The van der Waals surface area contributed by atoms with E-state index in [9.17, 15) is 4.79 Å². The van der Waals surface area contributed by atoms with E-state index in [4.69, 9.17) is 14.0 Å². The van der Waals surface area contributed by atoms with Crippen LogP contribution in [0.15, 0.2) is 35.0 Å². The summed E-state index contributed by atoms with van der Waals surface area (Å²) in [5.41, 5.74) is 1.88. The van der Waals surface area contributed by atoms with Crippen molar-refractivity contribution >= 4 is 5.97 Å². The lowest BCUT2D eigenvalue weighted by Crippen LogP contribution is -2.44. The summed E-state index contributed by atoms with van der Waals surface area (Å²) >= 11 is 0. The average Bonchev–Trinajstić information content (AvgIpc) is 3.10. The summed E-state index contributed by atoms with van der Waals surface area (Å²) in [7, 11) is 1.64. The predicted molar refractivity (Wildman–Crippen MR) is 93.2 cm³/mol. The minimum Gasteiger partial charge on any atom is -0.497 e. The SMILES string of the molecule is CCOC(=O)C1CCCCN1Cc1cnoc1-c1cccc(OC)c1. The number of esters is 1. The summed E-state index contributed by atoms with van der Waals surface area (Å²) in [5, 5.41) is 3.97. The molecular formula is C19H24N2O4. The lowest BCUT2D eigenvalue weighted by molar-refractivity contribution is -0.151. The molecule has 1 aliphatic heterocycles. The van der Waals surface area contributed by atoms with Gasteiger partial charge >= 0.3 is 5.97 Å². The lowest BCUT2D eigenvalue weighted by Gasteiger charge is -2.33. The average molecular weight is 344 g/mol. The maximum atomic E-state index is 12.3. The highest BCUT2D eigenvalue weighted by atomic mass is 16.5. The molecule has 25 heavy (non-hydrogen) atoms. The molecule has 1 saturated heterocycles. The highest BCUT2D eigenvalue weighted by Crippen LogP contribution is 2.29. The number of nitrogens with zero attached hydrogens (tertiary/aromatic N) is 2. The van der Waals surface area contributed by atoms with Crippen molar-refractivity contribution in [3.8, 4) is 17.1 Å². The number of ether oxygens (including phenoxy) is 2. The quantitative estimate of drug-likeness (QED) is 0.750. The van der Waals surface area contributed by atoms with E-state index in [1.165, 1.54) is 0 Å². The highest BCUT2D eigenvalue weighted by molar-refractivity contribution is 5.76. The van der Waals surface area contributed by atoms with E-state index in [1.54, 1.807) is 13.3 Å². The number of methoxy groups -OCH3 is 1. The molecular weight excluding hydrogens is 320 g/mol. The number of likely N-dealkylation sites (tertiary alicyclic amines) is 1. The van der Waals surface area contributed by atoms with Crippen molar-refractivity contribution in [3.63, 3.8) is 0 Å². The van der Waals surface area contributed by atoms with Gasteiger partial charge in [0, 0.05) is 17.7 Å². The molecule has 6 nitrogen and oxygen atoms in total. The normalized spacial score (nSPS) is 18.1. The number of carbonyl (C=O) groups is 1. The second kappa shape index (κ2) is 8.16. The highest BCUT2D eigenvalue weighted by Gasteiger charge is 2.30. The fraction of sp³-hybridized carbons (Fsp3) is 0.474. The van der Waals surface area contributed by atoms with Crippen LogP contribution in [0, 0.1) is 0 Å². The van der Waals surface area contributed by atoms with E-state index < -0.39 is 0 Å². The van der Waals surface area contributed by atoms with Crippen molar-refractivity contribution in [1.82, 2.24) is 10.1 Å². The van der Waals surface area contributed by atoms with E-state index in [2.05, 4.69) is 10.1 Å². The molecule has 1 aliphatic rings. The Labute approximate surface area is 147 Å². The Balaban J connectivity index is 1.80. The maximum absolute atomic E-state index is 12.3. The van der Waals surface area contributed by atoms with Gasteiger partial charge in [0.1, 0.15) is 11.8 Å². The zero-order valence-corrected chi connectivity index (χ0v) is 14.7. The molecule has 0 radical (unpaired) electrons. The molecule has 134 valence electrons. The van der Waals surface area contributed by atoms with Crippen molar-refractivity contribution in [1.29, 1.82) is 0 Å². The molecule has 1 aromatic carbocycles. The third kappa shape index (κ3) is 4.02. The van der Waals surface area contributed by atoms with E-state index in [-0.39, 0.29) is 12.0 Å². The van der Waals surface area contributed by atoms with Gasteiger partial charge in [-0.2, -0.15) is 0 Å². The van der Waals surface area contributed by atoms with Crippen molar-refractivity contribution < 1.29 is 18.8 Å². The first kappa shape index (κ1) is 17.5. The van der Waals surface area contributed by atoms with Crippen LogP contribution < -0.4 is 4.74 Å². The third-order valence-corrected chi connectivity index (χ3v) is 4.52. The first-order chi connectivity index (χ1) is 12.2. The zero-order valence-electron chi connectivity index (χ0n) is 14.7. The molecule has 1 fully saturated rings. The molecule has 0 saturated carbocycles. The van der Waals surface area contributed by atoms with Gasteiger partial charge in [0.25, 0.3) is 0 Å². The first-order valence-corrected chi connectivity index (χ1v) is 8.71. The summed E-state index contributed by atoms with van der Waals surface area (Å²) in [6.45, 7) is 3.73. The maximum Gasteiger partial charge on any atom is 0.323 e. The van der Waals surface area contributed by atoms with Crippen LogP contribution >= 0.6 is 0 Å². The molecule has 6 heteroatoms. The second-order valence-electron chi connectivity index (χ2n) is 6.15. The van der Waals surface area contributed by atoms with Crippen molar-refractivity contribution in [2.75, 3.05) is 20.3 Å². The third-order valence-electron chi connectivity index (χ3n) is 4.52. The van der Waals surface area contributed by atoms with Gasteiger partial charge < -0.3 is 14.0 Å². The number of carbonyl (C=O) groups excluding carboxylic acids is 1. The molecule has 2 heterocycles. The van der Waals surface area contributed by atoms with E-state index >= 15 is 0 Å². The monoisotopic (exact) mass is 344 g/mol. The molecule has 1 atom stereocenters. The van der Waals surface area contributed by atoms with Crippen LogP contribution in [0.5, 0.6) is 5.75 Å². The summed E-state index contributed by atoms with van der Waals surface area (Å²) in [6, 6.07) is 7.50. The second-order valence-corrected chi connectivity index (χ2v) is 6.15. The molecule has 0 N–H and O–H groups in total. The molecule has 2 aromatic rings. The Kier molecular flexibility index (Phi) is 5.71. The van der Waals surface area contributed by atoms with Crippen LogP contribution in [0.4, 0.5) is 0 Å². The predicted octanol–water partition coefficient (Wildman–Crippen LogP) is 3.27. The van der Waals surface area contributed by atoms with Gasteiger partial charge in [0.2, 0.25) is 0 Å². The van der Waals surface area contributed by atoms with Crippen molar-refractivity contribution in [2.45, 2.75) is 38.8 Å². The van der Waals surface area contributed by atoms with Gasteiger partial charge in [0.15, 0.2) is 5.76 Å². The molecule has 0 bridgehead atoms. The smallest absolute Gasteiger partial charge is 0.323 e.